The molecule has 0 aliphatic carbocycles. The minimum Gasteiger partial charge on any atom is -0.264 e. The molecule has 1 heterocycles. The second-order valence-electron chi connectivity index (χ2n) is 1.84. The number of hydrogen-bond acceptors (Lipinski definition) is 3. The van der Waals surface area contributed by atoms with Crippen LogP contribution in [0.25, 0.3) is 0 Å². The first kappa shape index (κ1) is 8.34. The molecule has 11 heavy (non-hydrogen) atoms. The second-order valence-corrected chi connectivity index (χ2v) is 2.44. The maximum atomic E-state index is 5.77. The van der Waals surface area contributed by atoms with Gasteiger partial charge in [0.15, 0.2) is 5.50 Å². The average Bonchev–Trinajstić information content (AvgIpc) is 2.07. The third kappa shape index (κ3) is 2.39. The SMILES string of the molecule is S=C=NC(Cl)c1cccnc1. The summed E-state index contributed by atoms with van der Waals surface area (Å²) in [6.07, 6.45) is 3.32. The third-order valence-corrected chi connectivity index (χ3v) is 1.58. The molecule has 4 heteroatoms. The Hall–Kier alpha value is -0.760. The molecule has 0 aliphatic heterocycles. The van der Waals surface area contributed by atoms with Crippen LogP contribution < -0.4 is 0 Å². The third-order valence-electron chi connectivity index (χ3n) is 1.13. The Kier molecular flexibility index (Phi) is 3.17. The van der Waals surface area contributed by atoms with Gasteiger partial charge in [-0.15, -0.1) is 0 Å². The Morgan fingerprint density at radius 3 is 3.09 bits per heavy atom. The maximum Gasteiger partial charge on any atom is 0.160 e. The smallest absolute Gasteiger partial charge is 0.160 e. The Morgan fingerprint density at radius 1 is 1.73 bits per heavy atom. The van der Waals surface area contributed by atoms with Gasteiger partial charge in [-0.05, 0) is 18.3 Å². The monoisotopic (exact) mass is 184 g/mol. The van der Waals surface area contributed by atoms with E-state index in [0.717, 1.165) is 5.56 Å². The predicted octanol–water partition coefficient (Wildman–Crippen LogP) is 2.42. The molecule has 0 saturated heterocycles. The van der Waals surface area contributed by atoms with Crippen molar-refractivity contribution in [2.75, 3.05) is 0 Å². The van der Waals surface area contributed by atoms with Crippen molar-refractivity contribution < 1.29 is 0 Å². The summed E-state index contributed by atoms with van der Waals surface area (Å²) in [5, 5.41) is 2.21. The zero-order valence-electron chi connectivity index (χ0n) is 5.57. The molecule has 0 bridgehead atoms. The lowest BCUT2D eigenvalue weighted by Crippen LogP contribution is -1.85. The van der Waals surface area contributed by atoms with E-state index in [1.807, 2.05) is 6.07 Å². The topological polar surface area (TPSA) is 25.2 Å². The first-order valence-electron chi connectivity index (χ1n) is 2.95. The molecular formula is C7H5ClN2S. The molecule has 1 atom stereocenters. The van der Waals surface area contributed by atoms with Crippen LogP contribution in [0, 0.1) is 0 Å². The molecule has 0 fully saturated rings. The summed E-state index contributed by atoms with van der Waals surface area (Å²) >= 11 is 10.2. The number of pyridine rings is 1. The van der Waals surface area contributed by atoms with Crippen LogP contribution in [0.3, 0.4) is 0 Å². The molecule has 2 nitrogen and oxygen atoms in total. The number of thiocarbonyl (C=S) groups is 1. The fourth-order valence-electron chi connectivity index (χ4n) is 0.638. The van der Waals surface area contributed by atoms with E-state index < -0.39 is 5.50 Å². The van der Waals surface area contributed by atoms with Crippen molar-refractivity contribution in [3.05, 3.63) is 30.1 Å². The Bertz CT molecular complexity index is 269. The van der Waals surface area contributed by atoms with E-state index in [-0.39, 0.29) is 0 Å². The van der Waals surface area contributed by atoms with Crippen molar-refractivity contribution in [3.63, 3.8) is 0 Å². The molecule has 0 aliphatic rings. The van der Waals surface area contributed by atoms with Crippen LogP contribution >= 0.6 is 23.8 Å². The highest BCUT2D eigenvalue weighted by Crippen LogP contribution is 2.19. The number of alkyl halides is 1. The predicted molar refractivity (Wildman–Crippen MR) is 47.9 cm³/mol. The Morgan fingerprint density at radius 2 is 2.55 bits per heavy atom. The van der Waals surface area contributed by atoms with E-state index in [2.05, 4.69) is 27.4 Å². The summed E-state index contributed by atoms with van der Waals surface area (Å²) in [4.78, 5) is 7.57. The van der Waals surface area contributed by atoms with Gasteiger partial charge in [-0.25, -0.2) is 4.99 Å². The van der Waals surface area contributed by atoms with Gasteiger partial charge in [-0.2, -0.15) is 0 Å². The first-order valence-corrected chi connectivity index (χ1v) is 3.80. The average molecular weight is 185 g/mol. The molecule has 0 spiro atoms. The van der Waals surface area contributed by atoms with Gasteiger partial charge in [0.1, 0.15) is 0 Å². The highest BCUT2D eigenvalue weighted by atomic mass is 35.5. The summed E-state index contributed by atoms with van der Waals surface area (Å²) in [7, 11) is 0. The molecule has 0 N–H and O–H groups in total. The van der Waals surface area contributed by atoms with Gasteiger partial charge in [-0.3, -0.25) is 4.98 Å². The van der Waals surface area contributed by atoms with Crippen LogP contribution in [0.2, 0.25) is 0 Å². The van der Waals surface area contributed by atoms with Crippen molar-refractivity contribution in [1.82, 2.24) is 4.98 Å². The molecule has 56 valence electrons. The summed E-state index contributed by atoms with van der Waals surface area (Å²) in [6, 6.07) is 3.63. The highest BCUT2D eigenvalue weighted by molar-refractivity contribution is 7.78. The van der Waals surface area contributed by atoms with Crippen molar-refractivity contribution >= 4 is 29.0 Å². The number of rotatable bonds is 2. The van der Waals surface area contributed by atoms with Gasteiger partial charge in [0, 0.05) is 18.0 Å². The van der Waals surface area contributed by atoms with Gasteiger partial charge in [0.2, 0.25) is 0 Å². The lowest BCUT2D eigenvalue weighted by molar-refractivity contribution is 1.01. The van der Waals surface area contributed by atoms with E-state index in [4.69, 9.17) is 11.6 Å². The van der Waals surface area contributed by atoms with Crippen molar-refractivity contribution in [3.8, 4) is 0 Å². The van der Waals surface area contributed by atoms with Gasteiger partial charge >= 0.3 is 0 Å². The fourth-order valence-corrected chi connectivity index (χ4v) is 0.979. The van der Waals surface area contributed by atoms with Gasteiger partial charge < -0.3 is 0 Å². The van der Waals surface area contributed by atoms with Crippen molar-refractivity contribution in [1.29, 1.82) is 0 Å². The fraction of sp³-hybridized carbons (Fsp3) is 0.143. The number of halogens is 1. The molecule has 1 aromatic rings. The quantitative estimate of drug-likeness (QED) is 0.305. The molecular weight excluding hydrogens is 180 g/mol. The van der Waals surface area contributed by atoms with Crippen LogP contribution in [-0.2, 0) is 0 Å². The molecule has 1 aromatic heterocycles. The van der Waals surface area contributed by atoms with Crippen molar-refractivity contribution in [2.45, 2.75) is 5.50 Å². The van der Waals surface area contributed by atoms with E-state index in [0.29, 0.717) is 0 Å². The Labute approximate surface area is 74.9 Å². The van der Waals surface area contributed by atoms with Gasteiger partial charge in [0.05, 0.1) is 5.16 Å². The van der Waals surface area contributed by atoms with Crippen LogP contribution in [0.5, 0.6) is 0 Å². The molecule has 1 rings (SSSR count). The molecule has 0 saturated carbocycles. The number of aliphatic imine (C=N–C) groups is 1. The zero-order valence-corrected chi connectivity index (χ0v) is 7.14. The van der Waals surface area contributed by atoms with Crippen LogP contribution in [-0.4, -0.2) is 10.1 Å². The Balaban J connectivity index is 2.84. The largest absolute Gasteiger partial charge is 0.264 e. The van der Waals surface area contributed by atoms with Crippen LogP contribution in [0.1, 0.15) is 11.1 Å². The first-order chi connectivity index (χ1) is 5.34. The summed E-state index contributed by atoms with van der Waals surface area (Å²) < 4.78 is 0. The minimum atomic E-state index is -0.457. The van der Waals surface area contributed by atoms with E-state index in [9.17, 15) is 0 Å². The van der Waals surface area contributed by atoms with Crippen LogP contribution in [0.15, 0.2) is 29.5 Å². The second kappa shape index (κ2) is 4.19. The number of nitrogens with zero attached hydrogens (tertiary/aromatic N) is 2. The molecule has 1 unspecified atom stereocenters. The number of aromatic nitrogens is 1. The summed E-state index contributed by atoms with van der Waals surface area (Å²) in [5.74, 6) is 0. The lowest BCUT2D eigenvalue weighted by atomic mass is 10.3. The lowest BCUT2D eigenvalue weighted by Gasteiger charge is -1.99. The minimum absolute atomic E-state index is 0.457. The van der Waals surface area contributed by atoms with E-state index >= 15 is 0 Å². The van der Waals surface area contributed by atoms with E-state index in [1.54, 1.807) is 18.5 Å². The normalized spacial score (nSPS) is 11.7. The standard InChI is InChI=1S/C7H5ClN2S/c8-7(10-5-11)6-2-1-3-9-4-6/h1-4,7H. The zero-order chi connectivity index (χ0) is 8.10. The summed E-state index contributed by atoms with van der Waals surface area (Å²) in [6.45, 7) is 0. The van der Waals surface area contributed by atoms with Crippen molar-refractivity contribution in [2.24, 2.45) is 4.99 Å². The van der Waals surface area contributed by atoms with E-state index in [1.165, 1.54) is 0 Å². The molecule has 0 aromatic carbocycles. The highest BCUT2D eigenvalue weighted by Gasteiger charge is 2.02. The van der Waals surface area contributed by atoms with Crippen LogP contribution in [0.4, 0.5) is 0 Å². The molecule has 0 amide bonds. The van der Waals surface area contributed by atoms with Gasteiger partial charge in [-0.1, -0.05) is 17.7 Å². The maximum absolute atomic E-state index is 5.77. The van der Waals surface area contributed by atoms with Gasteiger partial charge in [0.25, 0.3) is 0 Å². The number of hydrogen-bond donors (Lipinski definition) is 0. The molecule has 0 radical (unpaired) electrons. The number of isothiocyanates is 1. The summed E-state index contributed by atoms with van der Waals surface area (Å²) in [5.41, 5.74) is 0.368.